The zero-order chi connectivity index (χ0) is 10.7. The number of alkyl halides is 2. The fraction of sp³-hybridized carbons (Fsp3) is 0.125. The van der Waals surface area contributed by atoms with Crippen molar-refractivity contribution in [3.05, 3.63) is 28.8 Å². The molecule has 0 unspecified atom stereocenters. The molecule has 0 N–H and O–H groups in total. The van der Waals surface area contributed by atoms with E-state index in [9.17, 15) is 13.6 Å². The fourth-order valence-electron chi connectivity index (χ4n) is 0.872. The molecule has 0 radical (unpaired) electrons. The third kappa shape index (κ3) is 2.56. The molecule has 6 heteroatoms. The Hall–Kier alpha value is -0.870. The summed E-state index contributed by atoms with van der Waals surface area (Å²) < 4.78 is 27.9. The van der Waals surface area contributed by atoms with Crippen LogP contribution in [0.3, 0.4) is 0 Å². The van der Waals surface area contributed by atoms with Crippen molar-refractivity contribution >= 4 is 28.4 Å². The maximum atomic E-state index is 11.9. The first kappa shape index (κ1) is 11.2. The van der Waals surface area contributed by atoms with E-state index in [1.54, 1.807) is 0 Å². The van der Waals surface area contributed by atoms with Crippen LogP contribution in [-0.4, -0.2) is 11.9 Å². The Morgan fingerprint density at radius 1 is 1.43 bits per heavy atom. The molecule has 0 saturated carbocycles. The second kappa shape index (κ2) is 4.57. The molecule has 0 saturated heterocycles. The van der Waals surface area contributed by atoms with Crippen molar-refractivity contribution in [3.63, 3.8) is 0 Å². The minimum Gasteiger partial charge on any atom is -0.432 e. The zero-order valence-corrected chi connectivity index (χ0v) is 8.15. The molecule has 0 heterocycles. The third-order valence-electron chi connectivity index (χ3n) is 1.39. The van der Waals surface area contributed by atoms with Crippen LogP contribution in [0, 0.1) is 0 Å². The summed E-state index contributed by atoms with van der Waals surface area (Å²) in [5.74, 6) is -0.399. The van der Waals surface area contributed by atoms with Gasteiger partial charge in [-0.25, -0.2) is 0 Å². The van der Waals surface area contributed by atoms with Crippen molar-refractivity contribution in [2.24, 2.45) is 0 Å². The molecule has 0 spiro atoms. The second-order valence-electron chi connectivity index (χ2n) is 2.27. The van der Waals surface area contributed by atoms with Gasteiger partial charge in [-0.1, -0.05) is 17.7 Å². The topological polar surface area (TPSA) is 26.3 Å². The minimum atomic E-state index is -3.05. The van der Waals surface area contributed by atoms with Gasteiger partial charge in [0.2, 0.25) is 0 Å². The van der Waals surface area contributed by atoms with Gasteiger partial charge in [-0.3, -0.25) is 4.79 Å². The third-order valence-corrected chi connectivity index (χ3v) is 1.89. The quantitative estimate of drug-likeness (QED) is 0.758. The average molecular weight is 241 g/mol. The standard InChI is InChI=1S/C8H4Cl2F2O2/c9-5-3-1-2-4(7(10)13)6(5)14-8(11)12/h1-3,8H. The van der Waals surface area contributed by atoms with Crippen LogP contribution in [0.25, 0.3) is 0 Å². The van der Waals surface area contributed by atoms with Crippen molar-refractivity contribution in [2.75, 3.05) is 0 Å². The molecule has 0 aliphatic heterocycles. The van der Waals surface area contributed by atoms with Gasteiger partial charge in [0.15, 0.2) is 5.75 Å². The molecule has 0 bridgehead atoms. The summed E-state index contributed by atoms with van der Waals surface area (Å²) in [4.78, 5) is 10.8. The molecule has 1 aromatic rings. The van der Waals surface area contributed by atoms with Crippen LogP contribution in [0.1, 0.15) is 10.4 Å². The largest absolute Gasteiger partial charge is 0.432 e. The second-order valence-corrected chi connectivity index (χ2v) is 3.02. The fourth-order valence-corrected chi connectivity index (χ4v) is 1.24. The highest BCUT2D eigenvalue weighted by Crippen LogP contribution is 2.30. The molecule has 0 aliphatic carbocycles. The molecule has 2 nitrogen and oxygen atoms in total. The lowest BCUT2D eigenvalue weighted by Gasteiger charge is -2.08. The summed E-state index contributed by atoms with van der Waals surface area (Å²) in [7, 11) is 0. The molecule has 0 atom stereocenters. The van der Waals surface area contributed by atoms with Crippen molar-refractivity contribution in [3.8, 4) is 5.75 Å². The average Bonchev–Trinajstić information content (AvgIpc) is 2.07. The van der Waals surface area contributed by atoms with E-state index in [0.717, 1.165) is 0 Å². The number of rotatable bonds is 3. The van der Waals surface area contributed by atoms with Gasteiger partial charge in [-0.2, -0.15) is 8.78 Å². The summed E-state index contributed by atoms with van der Waals surface area (Å²) in [6, 6.07) is 3.98. The van der Waals surface area contributed by atoms with E-state index >= 15 is 0 Å². The highest BCUT2D eigenvalue weighted by atomic mass is 35.5. The van der Waals surface area contributed by atoms with E-state index in [1.807, 2.05) is 0 Å². The van der Waals surface area contributed by atoms with Gasteiger partial charge in [0.1, 0.15) is 0 Å². The van der Waals surface area contributed by atoms with Gasteiger partial charge < -0.3 is 4.74 Å². The number of benzene rings is 1. The van der Waals surface area contributed by atoms with E-state index in [4.69, 9.17) is 23.2 Å². The molecular weight excluding hydrogens is 237 g/mol. The Kier molecular flexibility index (Phi) is 3.66. The molecule has 0 aliphatic rings. The van der Waals surface area contributed by atoms with Gasteiger partial charge in [0.05, 0.1) is 10.6 Å². The summed E-state index contributed by atoms with van der Waals surface area (Å²) in [5, 5.41) is -0.986. The lowest BCUT2D eigenvalue weighted by molar-refractivity contribution is -0.0500. The van der Waals surface area contributed by atoms with Gasteiger partial charge in [0.25, 0.3) is 5.24 Å². The Bertz CT molecular complexity index is 355. The Labute approximate surface area is 88.4 Å². The van der Waals surface area contributed by atoms with Crippen LogP contribution in [0.15, 0.2) is 18.2 Å². The van der Waals surface area contributed by atoms with Gasteiger partial charge >= 0.3 is 6.61 Å². The zero-order valence-electron chi connectivity index (χ0n) is 6.64. The molecule has 76 valence electrons. The SMILES string of the molecule is O=C(Cl)c1cccc(Cl)c1OC(F)F. The van der Waals surface area contributed by atoms with E-state index < -0.39 is 17.6 Å². The molecule has 14 heavy (non-hydrogen) atoms. The Balaban J connectivity index is 3.15. The van der Waals surface area contributed by atoms with Gasteiger partial charge in [-0.15, -0.1) is 0 Å². The van der Waals surface area contributed by atoms with Crippen LogP contribution >= 0.6 is 23.2 Å². The predicted molar refractivity (Wildman–Crippen MR) is 48.3 cm³/mol. The molecule has 0 amide bonds. The van der Waals surface area contributed by atoms with Crippen molar-refractivity contribution in [1.82, 2.24) is 0 Å². The number of hydrogen-bond donors (Lipinski definition) is 0. The van der Waals surface area contributed by atoms with E-state index in [1.165, 1.54) is 18.2 Å². The molecular formula is C8H4Cl2F2O2. The van der Waals surface area contributed by atoms with E-state index in [2.05, 4.69) is 4.74 Å². The summed E-state index contributed by atoms with van der Waals surface area (Å²) >= 11 is 10.7. The van der Waals surface area contributed by atoms with Crippen LogP contribution in [-0.2, 0) is 0 Å². The monoisotopic (exact) mass is 240 g/mol. The van der Waals surface area contributed by atoms with Crippen molar-refractivity contribution in [2.45, 2.75) is 6.61 Å². The maximum Gasteiger partial charge on any atom is 0.387 e. The summed E-state index contributed by atoms with van der Waals surface area (Å²) in [6.07, 6.45) is 0. The Morgan fingerprint density at radius 2 is 2.07 bits per heavy atom. The van der Waals surface area contributed by atoms with Crippen LogP contribution < -0.4 is 4.74 Å². The van der Waals surface area contributed by atoms with E-state index in [0.29, 0.717) is 0 Å². The number of halogens is 4. The highest BCUT2D eigenvalue weighted by Gasteiger charge is 2.16. The normalized spacial score (nSPS) is 10.4. The molecule has 1 aromatic carbocycles. The predicted octanol–water partition coefficient (Wildman–Crippen LogP) is 3.32. The van der Waals surface area contributed by atoms with Gasteiger partial charge in [0, 0.05) is 0 Å². The van der Waals surface area contributed by atoms with E-state index in [-0.39, 0.29) is 10.6 Å². The Morgan fingerprint density at radius 3 is 2.57 bits per heavy atom. The number of para-hydroxylation sites is 1. The molecule has 0 fully saturated rings. The number of carbonyl (C=O) groups is 1. The lowest BCUT2D eigenvalue weighted by Crippen LogP contribution is -2.06. The summed E-state index contributed by atoms with van der Waals surface area (Å²) in [6.45, 7) is -3.05. The molecule has 1 rings (SSSR count). The first-order chi connectivity index (χ1) is 6.52. The highest BCUT2D eigenvalue weighted by molar-refractivity contribution is 6.68. The number of ether oxygens (including phenoxy) is 1. The first-order valence-electron chi connectivity index (χ1n) is 3.45. The number of carbonyl (C=O) groups excluding carboxylic acids is 1. The summed E-state index contributed by atoms with van der Waals surface area (Å²) in [5.41, 5.74) is -0.181. The van der Waals surface area contributed by atoms with Crippen LogP contribution in [0.2, 0.25) is 5.02 Å². The molecule has 0 aromatic heterocycles. The number of hydrogen-bond acceptors (Lipinski definition) is 2. The first-order valence-corrected chi connectivity index (χ1v) is 4.21. The minimum absolute atomic E-state index is 0.0863. The van der Waals surface area contributed by atoms with Crippen molar-refractivity contribution in [1.29, 1.82) is 0 Å². The van der Waals surface area contributed by atoms with Crippen LogP contribution in [0.5, 0.6) is 5.75 Å². The van der Waals surface area contributed by atoms with Gasteiger partial charge in [-0.05, 0) is 23.7 Å². The maximum absolute atomic E-state index is 11.9. The smallest absolute Gasteiger partial charge is 0.387 e. The van der Waals surface area contributed by atoms with Crippen LogP contribution in [0.4, 0.5) is 8.78 Å². The lowest BCUT2D eigenvalue weighted by atomic mass is 10.2. The van der Waals surface area contributed by atoms with Crippen molar-refractivity contribution < 1.29 is 18.3 Å².